The molecule has 170 valence electrons. The molecule has 2 aromatic carbocycles. The van der Waals surface area contributed by atoms with Crippen LogP contribution in [0.2, 0.25) is 0 Å². The van der Waals surface area contributed by atoms with Crippen LogP contribution in [-0.4, -0.2) is 45.5 Å². The van der Waals surface area contributed by atoms with Gasteiger partial charge in [0, 0.05) is 66.2 Å². The molecule has 1 aliphatic heterocycles. The molecule has 4 aromatic rings. The highest BCUT2D eigenvalue weighted by Gasteiger charge is 2.23. The minimum absolute atomic E-state index is 0.168. The lowest BCUT2D eigenvalue weighted by atomic mass is 9.93. The van der Waals surface area contributed by atoms with Gasteiger partial charge in [-0.3, -0.25) is 4.79 Å². The molecule has 0 aliphatic carbocycles. The van der Waals surface area contributed by atoms with Crippen molar-refractivity contribution in [3.8, 4) is 11.4 Å². The summed E-state index contributed by atoms with van der Waals surface area (Å²) in [4.78, 5) is 21.5. The van der Waals surface area contributed by atoms with Gasteiger partial charge in [0.25, 0.3) is 0 Å². The van der Waals surface area contributed by atoms with Crippen LogP contribution in [0.15, 0.2) is 55.0 Å². The number of anilines is 2. The highest BCUT2D eigenvalue weighted by atomic mass is 16.5. The SMILES string of the molecule is COc1cc(Nc2cccc3[nH]c(C4CCN(C(C)=O)CC4)cc23)ccc1-n1cnc(C)c1. The lowest BCUT2D eigenvalue weighted by Gasteiger charge is -2.30. The summed E-state index contributed by atoms with van der Waals surface area (Å²) in [6.07, 6.45) is 5.75. The van der Waals surface area contributed by atoms with Gasteiger partial charge in [-0.1, -0.05) is 6.07 Å². The maximum absolute atomic E-state index is 11.6. The van der Waals surface area contributed by atoms with Gasteiger partial charge < -0.3 is 24.5 Å². The summed E-state index contributed by atoms with van der Waals surface area (Å²) in [5.41, 5.74) is 6.26. The van der Waals surface area contributed by atoms with Crippen molar-refractivity contribution in [1.29, 1.82) is 0 Å². The molecule has 7 heteroatoms. The molecule has 3 heterocycles. The Hall–Kier alpha value is -3.74. The monoisotopic (exact) mass is 443 g/mol. The molecule has 1 saturated heterocycles. The van der Waals surface area contributed by atoms with Crippen molar-refractivity contribution >= 4 is 28.2 Å². The number of nitrogens with zero attached hydrogens (tertiary/aromatic N) is 3. The second kappa shape index (κ2) is 8.65. The normalized spacial score (nSPS) is 14.6. The summed E-state index contributed by atoms with van der Waals surface area (Å²) < 4.78 is 7.63. The number of aromatic amines is 1. The summed E-state index contributed by atoms with van der Waals surface area (Å²) in [5.74, 6) is 1.39. The Labute approximate surface area is 193 Å². The van der Waals surface area contributed by atoms with E-state index in [0.29, 0.717) is 5.92 Å². The topological polar surface area (TPSA) is 75.2 Å². The number of hydrogen-bond donors (Lipinski definition) is 2. The van der Waals surface area contributed by atoms with Crippen molar-refractivity contribution in [2.45, 2.75) is 32.6 Å². The first kappa shape index (κ1) is 21.1. The van der Waals surface area contributed by atoms with E-state index in [1.807, 2.05) is 34.7 Å². The summed E-state index contributed by atoms with van der Waals surface area (Å²) >= 11 is 0. The molecule has 2 aromatic heterocycles. The smallest absolute Gasteiger partial charge is 0.219 e. The molecule has 1 fully saturated rings. The van der Waals surface area contributed by atoms with Gasteiger partial charge in [-0.15, -0.1) is 0 Å². The molecule has 0 spiro atoms. The fourth-order valence-corrected chi connectivity index (χ4v) is 4.69. The minimum atomic E-state index is 0.168. The number of benzene rings is 2. The number of amides is 1. The van der Waals surface area contributed by atoms with Crippen LogP contribution in [0, 0.1) is 6.92 Å². The number of H-pyrrole nitrogens is 1. The van der Waals surface area contributed by atoms with Crippen molar-refractivity contribution in [2.75, 3.05) is 25.5 Å². The molecule has 33 heavy (non-hydrogen) atoms. The van der Waals surface area contributed by atoms with E-state index >= 15 is 0 Å². The highest BCUT2D eigenvalue weighted by Crippen LogP contribution is 2.35. The van der Waals surface area contributed by atoms with Crippen molar-refractivity contribution < 1.29 is 9.53 Å². The van der Waals surface area contributed by atoms with Crippen LogP contribution in [-0.2, 0) is 4.79 Å². The van der Waals surface area contributed by atoms with Crippen LogP contribution in [0.4, 0.5) is 11.4 Å². The van der Waals surface area contributed by atoms with Crippen LogP contribution in [0.1, 0.15) is 37.1 Å². The number of piperidine rings is 1. The molecular formula is C26H29N5O2. The molecule has 1 aliphatic rings. The van der Waals surface area contributed by atoms with Crippen LogP contribution in [0.5, 0.6) is 5.75 Å². The first-order chi connectivity index (χ1) is 16.0. The third kappa shape index (κ3) is 4.18. The number of aryl methyl sites for hydroxylation is 1. The van der Waals surface area contributed by atoms with E-state index in [4.69, 9.17) is 4.74 Å². The first-order valence-electron chi connectivity index (χ1n) is 11.3. The summed E-state index contributed by atoms with van der Waals surface area (Å²) in [6, 6.07) is 14.6. The van der Waals surface area contributed by atoms with Gasteiger partial charge in [-0.25, -0.2) is 4.98 Å². The zero-order chi connectivity index (χ0) is 22.9. The van der Waals surface area contributed by atoms with E-state index < -0.39 is 0 Å². The van der Waals surface area contributed by atoms with Crippen LogP contribution in [0.3, 0.4) is 0 Å². The molecule has 0 radical (unpaired) electrons. The molecular weight excluding hydrogens is 414 g/mol. The van der Waals surface area contributed by atoms with Crippen LogP contribution < -0.4 is 10.1 Å². The van der Waals surface area contributed by atoms with Crippen molar-refractivity contribution in [1.82, 2.24) is 19.4 Å². The predicted octanol–water partition coefficient (Wildman–Crippen LogP) is 5.14. The van der Waals surface area contributed by atoms with Gasteiger partial charge >= 0.3 is 0 Å². The van der Waals surface area contributed by atoms with Crippen LogP contribution in [0.25, 0.3) is 16.6 Å². The summed E-state index contributed by atoms with van der Waals surface area (Å²) in [5, 5.41) is 4.73. The zero-order valence-electron chi connectivity index (χ0n) is 19.3. The lowest BCUT2D eigenvalue weighted by Crippen LogP contribution is -2.36. The number of ether oxygens (including phenoxy) is 1. The second-order valence-corrected chi connectivity index (χ2v) is 8.71. The largest absolute Gasteiger partial charge is 0.494 e. The number of carbonyl (C=O) groups excluding carboxylic acids is 1. The van der Waals surface area contributed by atoms with E-state index in [0.717, 1.165) is 65.3 Å². The molecule has 5 rings (SSSR count). The van der Waals surface area contributed by atoms with Gasteiger partial charge in [0.15, 0.2) is 0 Å². The fraction of sp³-hybridized carbons (Fsp3) is 0.308. The van der Waals surface area contributed by atoms with Crippen molar-refractivity contribution in [3.05, 3.63) is 66.4 Å². The van der Waals surface area contributed by atoms with E-state index in [9.17, 15) is 4.79 Å². The van der Waals surface area contributed by atoms with Gasteiger partial charge in [0.2, 0.25) is 5.91 Å². The van der Waals surface area contributed by atoms with Gasteiger partial charge in [0.05, 0.1) is 24.8 Å². The molecule has 0 bridgehead atoms. The molecule has 0 saturated carbocycles. The molecule has 1 amide bonds. The van der Waals surface area contributed by atoms with Crippen molar-refractivity contribution in [2.24, 2.45) is 0 Å². The van der Waals surface area contributed by atoms with E-state index in [-0.39, 0.29) is 5.91 Å². The molecule has 2 N–H and O–H groups in total. The Morgan fingerprint density at radius 3 is 2.70 bits per heavy atom. The average Bonchev–Trinajstić information content (AvgIpc) is 3.46. The minimum Gasteiger partial charge on any atom is -0.494 e. The Balaban J connectivity index is 1.40. The Morgan fingerprint density at radius 2 is 2.00 bits per heavy atom. The lowest BCUT2D eigenvalue weighted by molar-refractivity contribution is -0.129. The third-order valence-electron chi connectivity index (χ3n) is 6.51. The predicted molar refractivity (Wildman–Crippen MR) is 131 cm³/mol. The second-order valence-electron chi connectivity index (χ2n) is 8.71. The maximum atomic E-state index is 11.6. The van der Waals surface area contributed by atoms with Gasteiger partial charge in [0.1, 0.15) is 5.75 Å². The number of imidazole rings is 1. The average molecular weight is 444 g/mol. The standard InChI is InChI=1S/C26H29N5O2/c1-17-15-31(16-27-17)25-8-7-20(13-26(25)33-3)28-22-5-4-6-23-21(22)14-24(29-23)19-9-11-30(12-10-19)18(2)32/h4-8,13-16,19,28-29H,9-12H2,1-3H3. The Bertz CT molecular complexity index is 1300. The van der Waals surface area contributed by atoms with Gasteiger partial charge in [-0.2, -0.15) is 0 Å². The third-order valence-corrected chi connectivity index (χ3v) is 6.51. The number of nitrogens with one attached hydrogen (secondary N) is 2. The number of rotatable bonds is 5. The van der Waals surface area contributed by atoms with E-state index in [2.05, 4.69) is 45.6 Å². The number of methoxy groups -OCH3 is 1. The number of carbonyl (C=O) groups is 1. The van der Waals surface area contributed by atoms with E-state index in [1.54, 1.807) is 20.4 Å². The number of aromatic nitrogens is 3. The Kier molecular flexibility index (Phi) is 5.54. The summed E-state index contributed by atoms with van der Waals surface area (Å²) in [6.45, 7) is 5.27. The molecule has 0 unspecified atom stereocenters. The van der Waals surface area contributed by atoms with Gasteiger partial charge in [-0.05, 0) is 50.1 Å². The Morgan fingerprint density at radius 1 is 1.18 bits per heavy atom. The molecule has 0 atom stereocenters. The van der Waals surface area contributed by atoms with E-state index in [1.165, 1.54) is 5.69 Å². The number of fused-ring (bicyclic) bond motifs is 1. The first-order valence-corrected chi connectivity index (χ1v) is 11.3. The summed E-state index contributed by atoms with van der Waals surface area (Å²) in [7, 11) is 1.68. The zero-order valence-corrected chi connectivity index (χ0v) is 19.3. The van der Waals surface area contributed by atoms with Crippen molar-refractivity contribution in [3.63, 3.8) is 0 Å². The highest BCUT2D eigenvalue weighted by molar-refractivity contribution is 5.94. The number of hydrogen-bond acceptors (Lipinski definition) is 4. The maximum Gasteiger partial charge on any atom is 0.219 e. The number of likely N-dealkylation sites (tertiary alicyclic amines) is 1. The fourth-order valence-electron chi connectivity index (χ4n) is 4.69. The quantitative estimate of drug-likeness (QED) is 0.448. The molecule has 7 nitrogen and oxygen atoms in total. The van der Waals surface area contributed by atoms with Crippen LogP contribution >= 0.6 is 0 Å².